The summed E-state index contributed by atoms with van der Waals surface area (Å²) in [6.45, 7) is 4.44. The number of benzene rings is 1. The van der Waals surface area contributed by atoms with E-state index in [1.807, 2.05) is 19.9 Å². The number of carbonyl (C=O) groups excluding carboxylic acids is 1. The molecule has 2 rings (SSSR count). The molecule has 5 heteroatoms. The van der Waals surface area contributed by atoms with Gasteiger partial charge in [0.15, 0.2) is 6.04 Å². The predicted octanol–water partition coefficient (Wildman–Crippen LogP) is 2.11. The first-order chi connectivity index (χ1) is 9.99. The molecule has 1 aromatic carbocycles. The smallest absolute Gasteiger partial charge is 0.330 e. The molecule has 1 amide bonds. The summed E-state index contributed by atoms with van der Waals surface area (Å²) >= 11 is 0. The second-order valence-electron chi connectivity index (χ2n) is 5.48. The Morgan fingerprint density at radius 3 is 2.62 bits per heavy atom. The summed E-state index contributed by atoms with van der Waals surface area (Å²) < 4.78 is 5.39. The summed E-state index contributed by atoms with van der Waals surface area (Å²) in [6.07, 6.45) is 1.99. The highest BCUT2D eigenvalue weighted by atomic mass is 16.5. The molecule has 1 aliphatic rings. The van der Waals surface area contributed by atoms with Crippen molar-refractivity contribution in [2.75, 3.05) is 6.61 Å². The number of hydrogen-bond acceptors (Lipinski definition) is 3. The van der Waals surface area contributed by atoms with Crippen molar-refractivity contribution in [3.05, 3.63) is 34.9 Å². The van der Waals surface area contributed by atoms with Crippen LogP contribution >= 0.6 is 0 Å². The standard InChI is InChI=1S/C16H21NO4/c1-10-6-7-12(9-11(10)2)14(16(19)20)17-15(18)13-5-3-4-8-21-13/h6-7,9,13-14H,3-5,8H2,1-2H3,(H,17,18)(H,19,20). The Morgan fingerprint density at radius 1 is 1.29 bits per heavy atom. The molecule has 1 heterocycles. The average Bonchev–Trinajstić information content (AvgIpc) is 2.48. The molecule has 5 nitrogen and oxygen atoms in total. The molecule has 0 radical (unpaired) electrons. The molecule has 0 spiro atoms. The minimum absolute atomic E-state index is 0.347. The van der Waals surface area contributed by atoms with Gasteiger partial charge in [-0.2, -0.15) is 0 Å². The number of hydrogen-bond donors (Lipinski definition) is 2. The van der Waals surface area contributed by atoms with Gasteiger partial charge in [0.1, 0.15) is 6.10 Å². The fraction of sp³-hybridized carbons (Fsp3) is 0.500. The van der Waals surface area contributed by atoms with E-state index in [2.05, 4.69) is 5.32 Å². The van der Waals surface area contributed by atoms with E-state index in [1.54, 1.807) is 12.1 Å². The third kappa shape index (κ3) is 3.82. The fourth-order valence-electron chi connectivity index (χ4n) is 2.41. The minimum Gasteiger partial charge on any atom is -0.479 e. The number of carboxylic acid groups (broad SMARTS) is 1. The number of ether oxygens (including phenoxy) is 1. The lowest BCUT2D eigenvalue weighted by atomic mass is 10.0. The molecule has 1 aromatic rings. The number of rotatable bonds is 4. The Morgan fingerprint density at radius 2 is 2.05 bits per heavy atom. The lowest BCUT2D eigenvalue weighted by molar-refractivity contribution is -0.145. The van der Waals surface area contributed by atoms with Crippen LogP contribution < -0.4 is 5.32 Å². The van der Waals surface area contributed by atoms with Gasteiger partial charge in [0.25, 0.3) is 0 Å². The van der Waals surface area contributed by atoms with Crippen LogP contribution in [0.4, 0.5) is 0 Å². The van der Waals surface area contributed by atoms with Crippen molar-refractivity contribution in [2.45, 2.75) is 45.3 Å². The van der Waals surface area contributed by atoms with Crippen molar-refractivity contribution in [1.82, 2.24) is 5.32 Å². The highest BCUT2D eigenvalue weighted by molar-refractivity contribution is 5.87. The molecule has 21 heavy (non-hydrogen) atoms. The summed E-state index contributed by atoms with van der Waals surface area (Å²) in [7, 11) is 0. The van der Waals surface area contributed by atoms with E-state index in [0.29, 0.717) is 18.6 Å². The van der Waals surface area contributed by atoms with Crippen molar-refractivity contribution in [3.63, 3.8) is 0 Å². The molecular weight excluding hydrogens is 270 g/mol. The first-order valence-corrected chi connectivity index (χ1v) is 7.21. The van der Waals surface area contributed by atoms with Crippen LogP contribution in [0.2, 0.25) is 0 Å². The Kier molecular flexibility index (Phi) is 4.96. The highest BCUT2D eigenvalue weighted by Crippen LogP contribution is 2.19. The Hall–Kier alpha value is -1.88. The Bertz CT molecular complexity index is 535. The van der Waals surface area contributed by atoms with Crippen LogP contribution in [-0.2, 0) is 14.3 Å². The van der Waals surface area contributed by atoms with Crippen LogP contribution in [0.1, 0.15) is 42.0 Å². The second-order valence-corrected chi connectivity index (χ2v) is 5.48. The zero-order valence-electron chi connectivity index (χ0n) is 12.4. The van der Waals surface area contributed by atoms with Crippen LogP contribution in [0.3, 0.4) is 0 Å². The van der Waals surface area contributed by atoms with Crippen molar-refractivity contribution < 1.29 is 19.4 Å². The van der Waals surface area contributed by atoms with Crippen LogP contribution in [0.15, 0.2) is 18.2 Å². The lowest BCUT2D eigenvalue weighted by Crippen LogP contribution is -2.42. The normalized spacial score (nSPS) is 19.8. The largest absolute Gasteiger partial charge is 0.479 e. The zero-order chi connectivity index (χ0) is 15.4. The molecule has 1 fully saturated rings. The van der Waals surface area contributed by atoms with Gasteiger partial charge in [-0.05, 0) is 49.8 Å². The van der Waals surface area contributed by atoms with Crippen molar-refractivity contribution in [1.29, 1.82) is 0 Å². The molecule has 0 saturated carbocycles. The summed E-state index contributed by atoms with van der Waals surface area (Å²) in [5, 5.41) is 12.0. The van der Waals surface area contributed by atoms with E-state index >= 15 is 0 Å². The van der Waals surface area contributed by atoms with Crippen molar-refractivity contribution in [2.24, 2.45) is 0 Å². The molecule has 1 saturated heterocycles. The summed E-state index contributed by atoms with van der Waals surface area (Å²) in [6, 6.07) is 4.37. The summed E-state index contributed by atoms with van der Waals surface area (Å²) in [5.74, 6) is -1.41. The predicted molar refractivity (Wildman–Crippen MR) is 78.0 cm³/mol. The van der Waals surface area contributed by atoms with E-state index in [1.165, 1.54) is 0 Å². The molecule has 114 valence electrons. The van der Waals surface area contributed by atoms with E-state index in [9.17, 15) is 14.7 Å². The number of nitrogens with one attached hydrogen (secondary N) is 1. The lowest BCUT2D eigenvalue weighted by Gasteiger charge is -2.24. The van der Waals surface area contributed by atoms with Gasteiger partial charge in [0, 0.05) is 6.61 Å². The number of amides is 1. The third-order valence-electron chi connectivity index (χ3n) is 3.87. The van der Waals surface area contributed by atoms with E-state index < -0.39 is 18.1 Å². The fourth-order valence-corrected chi connectivity index (χ4v) is 2.41. The van der Waals surface area contributed by atoms with Crippen LogP contribution in [0, 0.1) is 13.8 Å². The highest BCUT2D eigenvalue weighted by Gasteiger charge is 2.28. The molecule has 0 aromatic heterocycles. The van der Waals surface area contributed by atoms with E-state index in [-0.39, 0.29) is 5.91 Å². The monoisotopic (exact) mass is 291 g/mol. The molecule has 1 aliphatic heterocycles. The topological polar surface area (TPSA) is 75.6 Å². The van der Waals surface area contributed by atoms with Crippen LogP contribution in [-0.4, -0.2) is 29.7 Å². The summed E-state index contributed by atoms with van der Waals surface area (Å²) in [5.41, 5.74) is 2.67. The molecule has 2 atom stereocenters. The van der Waals surface area contributed by atoms with Crippen LogP contribution in [0.5, 0.6) is 0 Å². The Balaban J connectivity index is 2.13. The quantitative estimate of drug-likeness (QED) is 0.891. The van der Waals surface area contributed by atoms with Gasteiger partial charge in [-0.1, -0.05) is 18.2 Å². The first-order valence-electron chi connectivity index (χ1n) is 7.21. The van der Waals surface area contributed by atoms with Crippen molar-refractivity contribution in [3.8, 4) is 0 Å². The van der Waals surface area contributed by atoms with Gasteiger partial charge >= 0.3 is 5.97 Å². The molecule has 2 N–H and O–H groups in total. The van der Waals surface area contributed by atoms with E-state index in [0.717, 1.165) is 24.0 Å². The maximum absolute atomic E-state index is 12.1. The third-order valence-corrected chi connectivity index (χ3v) is 3.87. The van der Waals surface area contributed by atoms with Gasteiger partial charge in [-0.25, -0.2) is 4.79 Å². The average molecular weight is 291 g/mol. The second kappa shape index (κ2) is 6.72. The number of aryl methyl sites for hydroxylation is 2. The SMILES string of the molecule is Cc1ccc(C(NC(=O)C2CCCCO2)C(=O)O)cc1C. The van der Waals surface area contributed by atoms with Crippen molar-refractivity contribution >= 4 is 11.9 Å². The van der Waals surface area contributed by atoms with Crippen LogP contribution in [0.25, 0.3) is 0 Å². The Labute approximate surface area is 124 Å². The van der Waals surface area contributed by atoms with Gasteiger partial charge < -0.3 is 15.2 Å². The molecule has 0 bridgehead atoms. The first kappa shape index (κ1) is 15.5. The van der Waals surface area contributed by atoms with Gasteiger partial charge in [0.05, 0.1) is 0 Å². The van der Waals surface area contributed by atoms with Gasteiger partial charge in [0.2, 0.25) is 5.91 Å². The minimum atomic E-state index is -1.07. The summed E-state index contributed by atoms with van der Waals surface area (Å²) in [4.78, 5) is 23.6. The number of carboxylic acids is 1. The van der Waals surface area contributed by atoms with Gasteiger partial charge in [-0.15, -0.1) is 0 Å². The molecule has 0 aliphatic carbocycles. The molecular formula is C16H21NO4. The molecule has 2 unspecified atom stereocenters. The number of carbonyl (C=O) groups is 2. The van der Waals surface area contributed by atoms with Gasteiger partial charge in [-0.3, -0.25) is 4.79 Å². The zero-order valence-corrected chi connectivity index (χ0v) is 12.4. The number of aliphatic carboxylic acids is 1. The maximum Gasteiger partial charge on any atom is 0.330 e. The maximum atomic E-state index is 12.1. The van der Waals surface area contributed by atoms with E-state index in [4.69, 9.17) is 4.74 Å².